The Morgan fingerprint density at radius 3 is 2.38 bits per heavy atom. The van der Waals surface area contributed by atoms with Crippen molar-refractivity contribution >= 4 is 21.9 Å². The van der Waals surface area contributed by atoms with Crippen molar-refractivity contribution in [2.45, 2.75) is 6.61 Å². The molecule has 170 valence electrons. The standard InChI is InChI=1S/C27H20O7/c1-30-22-8-4-3-6-17(22)15-32-18-10-11-19-20(14-25(28)33-24(19)13-18)21-12-16-7-5-9-23(31-2)26(16)34-27(21)29/h3-14H,15H2,1-2H3. The monoisotopic (exact) mass is 456 g/mol. The summed E-state index contributed by atoms with van der Waals surface area (Å²) < 4.78 is 27.5. The molecule has 0 amide bonds. The maximum atomic E-state index is 12.9. The van der Waals surface area contributed by atoms with Crippen molar-refractivity contribution in [3.05, 3.63) is 99.2 Å². The van der Waals surface area contributed by atoms with Crippen molar-refractivity contribution in [2.24, 2.45) is 0 Å². The van der Waals surface area contributed by atoms with Crippen molar-refractivity contribution in [3.8, 4) is 28.4 Å². The second kappa shape index (κ2) is 8.78. The molecule has 0 radical (unpaired) electrons. The van der Waals surface area contributed by atoms with E-state index in [0.29, 0.717) is 39.0 Å². The third-order valence-corrected chi connectivity index (χ3v) is 5.54. The lowest BCUT2D eigenvalue weighted by Crippen LogP contribution is -2.07. The molecule has 0 spiro atoms. The maximum Gasteiger partial charge on any atom is 0.344 e. The highest BCUT2D eigenvalue weighted by Crippen LogP contribution is 2.32. The largest absolute Gasteiger partial charge is 0.496 e. The van der Waals surface area contributed by atoms with Gasteiger partial charge in [0.05, 0.1) is 19.8 Å². The summed E-state index contributed by atoms with van der Waals surface area (Å²) in [6.45, 7) is 0.273. The zero-order valence-corrected chi connectivity index (χ0v) is 18.5. The Bertz CT molecular complexity index is 1630. The first-order valence-electron chi connectivity index (χ1n) is 10.5. The summed E-state index contributed by atoms with van der Waals surface area (Å²) in [4.78, 5) is 25.2. The lowest BCUT2D eigenvalue weighted by atomic mass is 10.0. The number of methoxy groups -OCH3 is 2. The molecular formula is C27H20O7. The van der Waals surface area contributed by atoms with E-state index in [1.165, 1.54) is 13.2 Å². The fourth-order valence-corrected chi connectivity index (χ4v) is 3.91. The highest BCUT2D eigenvalue weighted by atomic mass is 16.5. The third-order valence-electron chi connectivity index (χ3n) is 5.54. The van der Waals surface area contributed by atoms with E-state index in [4.69, 9.17) is 23.0 Å². The van der Waals surface area contributed by atoms with Crippen LogP contribution in [-0.4, -0.2) is 14.2 Å². The van der Waals surface area contributed by atoms with Crippen LogP contribution in [0.15, 0.2) is 91.2 Å². The van der Waals surface area contributed by atoms with Gasteiger partial charge in [0, 0.05) is 34.0 Å². The number of ether oxygens (including phenoxy) is 3. The van der Waals surface area contributed by atoms with Crippen LogP contribution in [0.2, 0.25) is 0 Å². The Labute approximate surface area is 193 Å². The number of hydrogen-bond acceptors (Lipinski definition) is 7. The highest BCUT2D eigenvalue weighted by molar-refractivity contribution is 5.96. The van der Waals surface area contributed by atoms with Gasteiger partial charge in [-0.05, 0) is 30.3 Å². The lowest BCUT2D eigenvalue weighted by molar-refractivity contribution is 0.296. The van der Waals surface area contributed by atoms with Crippen LogP contribution in [0.3, 0.4) is 0 Å². The molecule has 0 aliphatic heterocycles. The van der Waals surface area contributed by atoms with Gasteiger partial charge in [0.15, 0.2) is 11.3 Å². The fourth-order valence-electron chi connectivity index (χ4n) is 3.91. The van der Waals surface area contributed by atoms with Gasteiger partial charge in [0.1, 0.15) is 23.7 Å². The summed E-state index contributed by atoms with van der Waals surface area (Å²) in [6.07, 6.45) is 0. The molecule has 2 aromatic heterocycles. The molecule has 0 unspecified atom stereocenters. The second-order valence-electron chi connectivity index (χ2n) is 7.56. The van der Waals surface area contributed by atoms with E-state index in [1.807, 2.05) is 30.3 Å². The average Bonchev–Trinajstić information content (AvgIpc) is 2.86. The Morgan fingerprint density at radius 1 is 0.765 bits per heavy atom. The number of hydrogen-bond donors (Lipinski definition) is 0. The molecule has 0 N–H and O–H groups in total. The molecule has 7 heteroatoms. The van der Waals surface area contributed by atoms with E-state index >= 15 is 0 Å². The quantitative estimate of drug-likeness (QED) is 0.326. The summed E-state index contributed by atoms with van der Waals surface area (Å²) in [6, 6.07) is 21.0. The SMILES string of the molecule is COc1ccccc1COc1ccc2c(-c3cc4cccc(OC)c4oc3=O)cc(=O)oc2c1. The van der Waals surface area contributed by atoms with Gasteiger partial charge < -0.3 is 23.0 Å². The van der Waals surface area contributed by atoms with Gasteiger partial charge in [-0.2, -0.15) is 0 Å². The van der Waals surface area contributed by atoms with Crippen LogP contribution in [-0.2, 0) is 6.61 Å². The van der Waals surface area contributed by atoms with E-state index in [9.17, 15) is 9.59 Å². The number of rotatable bonds is 6. The predicted molar refractivity (Wildman–Crippen MR) is 128 cm³/mol. The molecule has 0 fully saturated rings. The van der Waals surface area contributed by atoms with Gasteiger partial charge >= 0.3 is 11.3 Å². The highest BCUT2D eigenvalue weighted by Gasteiger charge is 2.16. The topological polar surface area (TPSA) is 88.1 Å². The van der Waals surface area contributed by atoms with Crippen molar-refractivity contribution in [1.29, 1.82) is 0 Å². The van der Waals surface area contributed by atoms with Gasteiger partial charge in [0.25, 0.3) is 0 Å². The van der Waals surface area contributed by atoms with Gasteiger partial charge in [-0.25, -0.2) is 9.59 Å². The minimum atomic E-state index is -0.588. The van der Waals surface area contributed by atoms with Crippen LogP contribution in [0, 0.1) is 0 Å². The van der Waals surface area contributed by atoms with E-state index in [0.717, 1.165) is 11.3 Å². The summed E-state index contributed by atoms with van der Waals surface area (Å²) in [5.74, 6) is 1.68. The molecule has 5 rings (SSSR count). The van der Waals surface area contributed by atoms with Crippen LogP contribution >= 0.6 is 0 Å². The summed E-state index contributed by atoms with van der Waals surface area (Å²) in [7, 11) is 3.11. The molecule has 0 atom stereocenters. The third kappa shape index (κ3) is 3.88. The molecule has 0 saturated carbocycles. The minimum absolute atomic E-state index is 0.251. The first kappa shape index (κ1) is 21.3. The van der Waals surface area contributed by atoms with Crippen molar-refractivity contribution in [2.75, 3.05) is 14.2 Å². The second-order valence-corrected chi connectivity index (χ2v) is 7.56. The number of para-hydroxylation sites is 2. The van der Waals surface area contributed by atoms with Crippen LogP contribution < -0.4 is 25.5 Å². The Kier molecular flexibility index (Phi) is 5.51. The van der Waals surface area contributed by atoms with Crippen LogP contribution in [0.1, 0.15) is 5.56 Å². The minimum Gasteiger partial charge on any atom is -0.496 e. The van der Waals surface area contributed by atoms with Gasteiger partial charge in [0.2, 0.25) is 0 Å². The normalized spacial score (nSPS) is 11.0. The van der Waals surface area contributed by atoms with Crippen LogP contribution in [0.5, 0.6) is 17.2 Å². The predicted octanol–water partition coefficient (Wildman–Crippen LogP) is 5.16. The van der Waals surface area contributed by atoms with Gasteiger partial charge in [-0.15, -0.1) is 0 Å². The Balaban J connectivity index is 1.56. The fraction of sp³-hybridized carbons (Fsp3) is 0.111. The van der Waals surface area contributed by atoms with Gasteiger partial charge in [-0.3, -0.25) is 0 Å². The molecule has 3 aromatic carbocycles. The van der Waals surface area contributed by atoms with Gasteiger partial charge in [-0.1, -0.05) is 30.3 Å². The molecule has 5 aromatic rings. The summed E-state index contributed by atoms with van der Waals surface area (Å²) >= 11 is 0. The van der Waals surface area contributed by atoms with E-state index in [2.05, 4.69) is 0 Å². The molecule has 7 nitrogen and oxygen atoms in total. The summed E-state index contributed by atoms with van der Waals surface area (Å²) in [5.41, 5.74) is 1.02. The van der Waals surface area contributed by atoms with E-state index in [1.54, 1.807) is 43.5 Å². The maximum absolute atomic E-state index is 12.9. The first-order valence-corrected chi connectivity index (χ1v) is 10.5. The molecule has 0 bridgehead atoms. The van der Waals surface area contributed by atoms with E-state index < -0.39 is 11.3 Å². The molecule has 0 aliphatic carbocycles. The summed E-state index contributed by atoms with van der Waals surface area (Å²) in [5, 5.41) is 1.26. The Morgan fingerprint density at radius 2 is 1.56 bits per heavy atom. The average molecular weight is 456 g/mol. The Hall–Kier alpha value is -4.52. The molecular weight excluding hydrogens is 436 g/mol. The zero-order chi connectivity index (χ0) is 23.7. The van der Waals surface area contributed by atoms with Crippen molar-refractivity contribution < 1.29 is 23.0 Å². The number of fused-ring (bicyclic) bond motifs is 2. The molecule has 0 aliphatic rings. The first-order chi connectivity index (χ1) is 16.6. The smallest absolute Gasteiger partial charge is 0.344 e. The van der Waals surface area contributed by atoms with Crippen molar-refractivity contribution in [3.63, 3.8) is 0 Å². The van der Waals surface area contributed by atoms with Crippen LogP contribution in [0.25, 0.3) is 33.1 Å². The number of benzene rings is 3. The van der Waals surface area contributed by atoms with E-state index in [-0.39, 0.29) is 12.2 Å². The van der Waals surface area contributed by atoms with Crippen molar-refractivity contribution in [1.82, 2.24) is 0 Å². The zero-order valence-electron chi connectivity index (χ0n) is 18.5. The molecule has 2 heterocycles. The van der Waals surface area contributed by atoms with Crippen LogP contribution in [0.4, 0.5) is 0 Å². The lowest BCUT2D eigenvalue weighted by Gasteiger charge is -2.11. The molecule has 0 saturated heterocycles. The molecule has 34 heavy (non-hydrogen) atoms.